The second kappa shape index (κ2) is 13.8. The summed E-state index contributed by atoms with van der Waals surface area (Å²) in [6, 6.07) is 21.4. The molecule has 0 fully saturated rings. The smallest absolute Gasteiger partial charge is 0.355 e. The number of rotatable bonds is 12. The fourth-order valence-electron chi connectivity index (χ4n) is 4.40. The van der Waals surface area contributed by atoms with Crippen LogP contribution in [-0.4, -0.2) is 38.5 Å². The maximum Gasteiger partial charge on any atom is 0.355 e. The number of hydrogen-bond donors (Lipinski definition) is 0. The normalized spacial score (nSPS) is 10.8. The van der Waals surface area contributed by atoms with Gasteiger partial charge in [-0.2, -0.15) is 0 Å². The first-order chi connectivity index (χ1) is 19.4. The number of benzene rings is 3. The average molecular weight is 673 g/mol. The summed E-state index contributed by atoms with van der Waals surface area (Å²) in [7, 11) is 4.81. The van der Waals surface area contributed by atoms with Gasteiger partial charge in [-0.25, -0.2) is 4.79 Å². The molecule has 1 heterocycles. The van der Waals surface area contributed by atoms with Crippen LogP contribution in [0.4, 0.5) is 0 Å². The van der Waals surface area contributed by atoms with Crippen molar-refractivity contribution in [3.8, 4) is 34.1 Å². The third-order valence-corrected chi connectivity index (χ3v) is 8.50. The van der Waals surface area contributed by atoms with Crippen LogP contribution in [0, 0.1) is 0 Å². The largest absolute Gasteiger partial charge is 0.493 e. The van der Waals surface area contributed by atoms with E-state index in [0.717, 1.165) is 25.8 Å². The van der Waals surface area contributed by atoms with Crippen molar-refractivity contribution < 1.29 is 28.5 Å². The first-order valence-corrected chi connectivity index (χ1v) is 14.3. The SMILES string of the molecule is CCOC(=O)c1c(-c2ccc(OCc3ccccc3)c(OC)c2)c(Br)c(Br)n1CCc1ccc(OC)c(OC)c1. The van der Waals surface area contributed by atoms with Crippen LogP contribution < -0.4 is 18.9 Å². The van der Waals surface area contributed by atoms with Crippen LogP contribution in [0.1, 0.15) is 28.5 Å². The molecular formula is C31H31Br2NO6. The van der Waals surface area contributed by atoms with Crippen LogP contribution in [0.15, 0.2) is 75.8 Å². The molecule has 0 atom stereocenters. The summed E-state index contributed by atoms with van der Waals surface area (Å²) in [5, 5.41) is 0. The monoisotopic (exact) mass is 671 g/mol. The minimum atomic E-state index is -0.417. The van der Waals surface area contributed by atoms with Crippen molar-refractivity contribution in [1.82, 2.24) is 4.57 Å². The van der Waals surface area contributed by atoms with Crippen molar-refractivity contribution in [1.29, 1.82) is 0 Å². The Balaban J connectivity index is 1.69. The van der Waals surface area contributed by atoms with E-state index in [0.29, 0.717) is 53.8 Å². The number of halogens is 2. The summed E-state index contributed by atoms with van der Waals surface area (Å²) in [6.07, 6.45) is 0.640. The number of aromatic nitrogens is 1. The maximum atomic E-state index is 13.3. The highest BCUT2D eigenvalue weighted by molar-refractivity contribution is 9.13. The molecule has 0 aliphatic heterocycles. The van der Waals surface area contributed by atoms with E-state index in [1.807, 2.05) is 71.3 Å². The molecule has 0 radical (unpaired) electrons. The summed E-state index contributed by atoms with van der Waals surface area (Å²) >= 11 is 7.42. The molecule has 3 aromatic carbocycles. The van der Waals surface area contributed by atoms with Crippen molar-refractivity contribution in [2.75, 3.05) is 27.9 Å². The van der Waals surface area contributed by atoms with Crippen molar-refractivity contribution in [3.05, 3.63) is 92.6 Å². The Morgan fingerprint density at radius 1 is 0.800 bits per heavy atom. The first-order valence-electron chi connectivity index (χ1n) is 12.7. The molecule has 1 aromatic heterocycles. The third-order valence-electron chi connectivity index (χ3n) is 6.37. The Kier molecular flexibility index (Phi) is 10.2. The minimum Gasteiger partial charge on any atom is -0.493 e. The molecule has 0 saturated heterocycles. The van der Waals surface area contributed by atoms with E-state index in [2.05, 4.69) is 31.9 Å². The van der Waals surface area contributed by atoms with E-state index < -0.39 is 5.97 Å². The summed E-state index contributed by atoms with van der Waals surface area (Å²) < 4.78 is 31.4. The Hall–Kier alpha value is -3.43. The van der Waals surface area contributed by atoms with E-state index in [1.54, 1.807) is 28.3 Å². The highest BCUT2D eigenvalue weighted by atomic mass is 79.9. The summed E-state index contributed by atoms with van der Waals surface area (Å²) in [6.45, 7) is 2.97. The molecule has 0 aliphatic carbocycles. The van der Waals surface area contributed by atoms with Gasteiger partial charge in [0.25, 0.3) is 0 Å². The zero-order valence-electron chi connectivity index (χ0n) is 22.8. The topological polar surface area (TPSA) is 68.2 Å². The number of carbonyl (C=O) groups is 1. The summed E-state index contributed by atoms with van der Waals surface area (Å²) in [5.41, 5.74) is 4.00. The molecule has 0 aliphatic rings. The lowest BCUT2D eigenvalue weighted by molar-refractivity contribution is 0.0514. The molecule has 40 heavy (non-hydrogen) atoms. The molecular weight excluding hydrogens is 642 g/mol. The molecule has 0 amide bonds. The molecule has 9 heteroatoms. The number of ether oxygens (including phenoxy) is 5. The van der Waals surface area contributed by atoms with Crippen molar-refractivity contribution in [2.45, 2.75) is 26.5 Å². The zero-order chi connectivity index (χ0) is 28.6. The van der Waals surface area contributed by atoms with Gasteiger partial charge >= 0.3 is 5.97 Å². The fraction of sp³-hybridized carbons (Fsp3) is 0.258. The van der Waals surface area contributed by atoms with Crippen LogP contribution in [0.3, 0.4) is 0 Å². The molecule has 0 bridgehead atoms. The van der Waals surface area contributed by atoms with Crippen LogP contribution in [0.5, 0.6) is 23.0 Å². The lowest BCUT2D eigenvalue weighted by Gasteiger charge is -2.15. The van der Waals surface area contributed by atoms with E-state index in [9.17, 15) is 4.79 Å². The molecule has 210 valence electrons. The molecule has 7 nitrogen and oxygen atoms in total. The van der Waals surface area contributed by atoms with E-state index >= 15 is 0 Å². The highest BCUT2D eigenvalue weighted by Crippen LogP contribution is 2.43. The van der Waals surface area contributed by atoms with E-state index in [1.165, 1.54) is 0 Å². The predicted molar refractivity (Wildman–Crippen MR) is 162 cm³/mol. The number of nitrogens with zero attached hydrogens (tertiary/aromatic N) is 1. The quantitative estimate of drug-likeness (QED) is 0.144. The standard InChI is InChI=1S/C31H31Br2NO6/c1-5-39-31(35)29-27(22-12-14-24(26(18-22)38-4)40-19-21-9-7-6-8-10-21)28(32)30(33)34(29)16-15-20-11-13-23(36-2)25(17-20)37-3/h6-14,17-18H,5,15-16,19H2,1-4H3. The number of methoxy groups -OCH3 is 3. The maximum absolute atomic E-state index is 13.3. The molecule has 0 unspecified atom stereocenters. The fourth-order valence-corrected chi connectivity index (χ4v) is 5.58. The van der Waals surface area contributed by atoms with Gasteiger partial charge in [-0.1, -0.05) is 42.5 Å². The lowest BCUT2D eigenvalue weighted by atomic mass is 10.0. The summed E-state index contributed by atoms with van der Waals surface area (Å²) in [5.74, 6) is 2.07. The van der Waals surface area contributed by atoms with Crippen LogP contribution >= 0.6 is 31.9 Å². The molecule has 4 rings (SSSR count). The van der Waals surface area contributed by atoms with Crippen LogP contribution in [0.25, 0.3) is 11.1 Å². The number of hydrogen-bond acceptors (Lipinski definition) is 6. The van der Waals surface area contributed by atoms with Gasteiger partial charge in [0, 0.05) is 12.1 Å². The molecule has 0 spiro atoms. The van der Waals surface area contributed by atoms with Gasteiger partial charge < -0.3 is 28.3 Å². The van der Waals surface area contributed by atoms with Gasteiger partial charge in [0.1, 0.15) is 16.9 Å². The zero-order valence-corrected chi connectivity index (χ0v) is 26.0. The van der Waals surface area contributed by atoms with Gasteiger partial charge in [0.2, 0.25) is 0 Å². The van der Waals surface area contributed by atoms with Gasteiger partial charge in [0.05, 0.1) is 32.4 Å². The van der Waals surface area contributed by atoms with Crippen molar-refractivity contribution in [3.63, 3.8) is 0 Å². The Bertz CT molecular complexity index is 1470. The van der Waals surface area contributed by atoms with Gasteiger partial charge in [0.15, 0.2) is 23.0 Å². The Morgan fingerprint density at radius 3 is 2.15 bits per heavy atom. The lowest BCUT2D eigenvalue weighted by Crippen LogP contribution is -2.15. The third kappa shape index (κ3) is 6.47. The van der Waals surface area contributed by atoms with Crippen LogP contribution in [-0.2, 0) is 24.3 Å². The minimum absolute atomic E-state index is 0.254. The number of aryl methyl sites for hydroxylation is 1. The van der Waals surface area contributed by atoms with Crippen LogP contribution in [0.2, 0.25) is 0 Å². The van der Waals surface area contributed by atoms with Crippen molar-refractivity contribution >= 4 is 37.8 Å². The number of esters is 1. The number of carbonyl (C=O) groups excluding carboxylic acids is 1. The van der Waals surface area contributed by atoms with Crippen molar-refractivity contribution in [2.24, 2.45) is 0 Å². The predicted octanol–water partition coefficient (Wildman–Crippen LogP) is 7.70. The Labute approximate surface area is 251 Å². The Morgan fingerprint density at radius 2 is 1.48 bits per heavy atom. The average Bonchev–Trinajstić information content (AvgIpc) is 3.24. The van der Waals surface area contributed by atoms with Gasteiger partial charge in [-0.3, -0.25) is 0 Å². The highest BCUT2D eigenvalue weighted by Gasteiger charge is 2.28. The molecule has 0 saturated carbocycles. The summed E-state index contributed by atoms with van der Waals surface area (Å²) in [4.78, 5) is 13.3. The second-order valence-electron chi connectivity index (χ2n) is 8.78. The van der Waals surface area contributed by atoms with E-state index in [4.69, 9.17) is 23.7 Å². The van der Waals surface area contributed by atoms with Gasteiger partial charge in [-0.05, 0) is 86.2 Å². The molecule has 0 N–H and O–H groups in total. The molecule has 4 aromatic rings. The second-order valence-corrected chi connectivity index (χ2v) is 10.3. The van der Waals surface area contributed by atoms with E-state index in [-0.39, 0.29) is 6.61 Å². The first kappa shape index (κ1) is 29.6. The van der Waals surface area contributed by atoms with Gasteiger partial charge in [-0.15, -0.1) is 0 Å².